The number of hydrogen-bond donors (Lipinski definition) is 2. The second kappa shape index (κ2) is 9.55. The van der Waals surface area contributed by atoms with Crippen LogP contribution >= 0.6 is 0 Å². The topological polar surface area (TPSA) is 99.7 Å². The second-order valence-electron chi connectivity index (χ2n) is 9.65. The van der Waals surface area contributed by atoms with Crippen LogP contribution in [0.4, 0.5) is 0 Å². The molecule has 4 aromatic heterocycles. The Kier molecular flexibility index (Phi) is 5.94. The van der Waals surface area contributed by atoms with Gasteiger partial charge in [0.2, 0.25) is 0 Å². The first-order valence-electron chi connectivity index (χ1n) is 12.3. The van der Waals surface area contributed by atoms with Gasteiger partial charge in [0.15, 0.2) is 5.65 Å². The zero-order chi connectivity index (χ0) is 25.4. The molecular weight excluding hydrogens is 462 g/mol. The van der Waals surface area contributed by atoms with Gasteiger partial charge in [-0.1, -0.05) is 24.3 Å². The van der Waals surface area contributed by atoms with Crippen molar-refractivity contribution in [3.05, 3.63) is 96.2 Å². The van der Waals surface area contributed by atoms with Crippen molar-refractivity contribution in [3.8, 4) is 22.4 Å². The van der Waals surface area contributed by atoms with Crippen molar-refractivity contribution in [1.82, 2.24) is 35.4 Å². The number of fused-ring (bicyclic) bond motifs is 1. The molecule has 1 fully saturated rings. The lowest BCUT2D eigenvalue weighted by Crippen LogP contribution is -2.39. The zero-order valence-electron chi connectivity index (χ0n) is 20.7. The number of nitrogens with one attached hydrogen (secondary N) is 2. The highest BCUT2D eigenvalue weighted by atomic mass is 16.1. The molecule has 2 N–H and O–H groups in total. The van der Waals surface area contributed by atoms with E-state index in [-0.39, 0.29) is 17.9 Å². The van der Waals surface area contributed by atoms with Crippen molar-refractivity contribution in [2.24, 2.45) is 0 Å². The Hall–Kier alpha value is -4.43. The van der Waals surface area contributed by atoms with E-state index < -0.39 is 0 Å². The maximum Gasteiger partial charge on any atom is 0.253 e. The van der Waals surface area contributed by atoms with E-state index in [0.717, 1.165) is 46.6 Å². The number of carbonyl (C=O) groups is 1. The predicted octanol–water partition coefficient (Wildman–Crippen LogP) is 4.22. The molecular formula is C29H27N7O. The Labute approximate surface area is 214 Å². The van der Waals surface area contributed by atoms with Gasteiger partial charge in [-0.05, 0) is 61.0 Å². The Balaban J connectivity index is 1.27. The van der Waals surface area contributed by atoms with Gasteiger partial charge < -0.3 is 10.2 Å². The molecule has 0 aliphatic carbocycles. The summed E-state index contributed by atoms with van der Waals surface area (Å²) >= 11 is 0. The van der Waals surface area contributed by atoms with Gasteiger partial charge in [0.1, 0.15) is 5.69 Å². The lowest BCUT2D eigenvalue weighted by Gasteiger charge is -2.21. The van der Waals surface area contributed by atoms with Gasteiger partial charge in [-0.3, -0.25) is 19.9 Å². The third-order valence-electron chi connectivity index (χ3n) is 7.00. The molecule has 1 aliphatic rings. The molecule has 8 nitrogen and oxygen atoms in total. The van der Waals surface area contributed by atoms with Gasteiger partial charge in [-0.25, -0.2) is 4.98 Å². The molecule has 0 saturated carbocycles. The summed E-state index contributed by atoms with van der Waals surface area (Å²) in [5, 5.41) is 11.5. The summed E-state index contributed by atoms with van der Waals surface area (Å²) in [4.78, 5) is 28.6. The van der Waals surface area contributed by atoms with E-state index in [1.54, 1.807) is 24.8 Å². The smallest absolute Gasteiger partial charge is 0.253 e. The van der Waals surface area contributed by atoms with Crippen LogP contribution in [-0.2, 0) is 0 Å². The molecule has 0 unspecified atom stereocenters. The van der Waals surface area contributed by atoms with Gasteiger partial charge in [0, 0.05) is 66.5 Å². The SMILES string of the molecule is Cc1cc(-c2n[nH]c3ncc(C(=O)N[C@@H]4CN(C)C[C@H]4c4cccc(-c5ccncc5)c4)cc23)ccn1. The fourth-order valence-electron chi connectivity index (χ4n) is 5.17. The van der Waals surface area contributed by atoms with Crippen LogP contribution in [0.1, 0.15) is 27.5 Å². The monoisotopic (exact) mass is 489 g/mol. The number of likely N-dealkylation sites (N-methyl/N-ethyl adjacent to an activating group) is 1. The van der Waals surface area contributed by atoms with Crippen molar-refractivity contribution in [2.45, 2.75) is 18.9 Å². The van der Waals surface area contributed by atoms with Gasteiger partial charge in [0.25, 0.3) is 5.91 Å². The lowest BCUT2D eigenvalue weighted by atomic mass is 9.91. The molecule has 5 aromatic rings. The number of likely N-dealkylation sites (tertiary alicyclic amines) is 1. The predicted molar refractivity (Wildman–Crippen MR) is 143 cm³/mol. The third kappa shape index (κ3) is 4.59. The Bertz CT molecular complexity index is 1580. The average Bonchev–Trinajstić information content (AvgIpc) is 3.52. The molecule has 0 radical (unpaired) electrons. The minimum absolute atomic E-state index is 0.0208. The number of rotatable bonds is 5. The lowest BCUT2D eigenvalue weighted by molar-refractivity contribution is 0.0935. The minimum Gasteiger partial charge on any atom is -0.347 e. The summed E-state index contributed by atoms with van der Waals surface area (Å²) in [6.45, 7) is 3.59. The first-order chi connectivity index (χ1) is 18.0. The second-order valence-corrected chi connectivity index (χ2v) is 9.65. The van der Waals surface area contributed by atoms with Crippen LogP contribution in [0.3, 0.4) is 0 Å². The van der Waals surface area contributed by atoms with E-state index in [4.69, 9.17) is 0 Å². The normalized spacial score (nSPS) is 17.8. The largest absolute Gasteiger partial charge is 0.347 e. The Morgan fingerprint density at radius 2 is 1.81 bits per heavy atom. The van der Waals surface area contributed by atoms with Crippen molar-refractivity contribution in [2.75, 3.05) is 20.1 Å². The fraction of sp³-hybridized carbons (Fsp3) is 0.207. The van der Waals surface area contributed by atoms with E-state index in [9.17, 15) is 4.79 Å². The highest BCUT2D eigenvalue weighted by Gasteiger charge is 2.33. The van der Waals surface area contributed by atoms with Crippen LogP contribution in [0.15, 0.2) is 79.4 Å². The highest BCUT2D eigenvalue weighted by Crippen LogP contribution is 2.31. The van der Waals surface area contributed by atoms with E-state index in [1.807, 2.05) is 37.3 Å². The van der Waals surface area contributed by atoms with Crippen molar-refractivity contribution < 1.29 is 4.79 Å². The summed E-state index contributed by atoms with van der Waals surface area (Å²) in [6.07, 6.45) is 6.98. The highest BCUT2D eigenvalue weighted by molar-refractivity contribution is 6.00. The van der Waals surface area contributed by atoms with Crippen LogP contribution in [-0.4, -0.2) is 62.1 Å². The van der Waals surface area contributed by atoms with Gasteiger partial charge in [0.05, 0.1) is 5.56 Å². The number of aryl methyl sites for hydroxylation is 1. The maximum absolute atomic E-state index is 13.4. The number of hydrogen-bond acceptors (Lipinski definition) is 6. The first-order valence-corrected chi connectivity index (χ1v) is 12.3. The number of pyridine rings is 3. The number of amides is 1. The van der Waals surface area contributed by atoms with Gasteiger partial charge in [-0.2, -0.15) is 5.10 Å². The van der Waals surface area contributed by atoms with Crippen LogP contribution in [0.25, 0.3) is 33.4 Å². The quantitative estimate of drug-likeness (QED) is 0.384. The minimum atomic E-state index is -0.136. The van der Waals surface area contributed by atoms with Crippen LogP contribution in [0.5, 0.6) is 0 Å². The molecule has 6 rings (SSSR count). The van der Waals surface area contributed by atoms with Crippen LogP contribution in [0, 0.1) is 6.92 Å². The van der Waals surface area contributed by atoms with E-state index in [1.165, 1.54) is 5.56 Å². The molecule has 2 atom stereocenters. The summed E-state index contributed by atoms with van der Waals surface area (Å²) < 4.78 is 0. The molecule has 5 heterocycles. The summed E-state index contributed by atoms with van der Waals surface area (Å²) in [5.74, 6) is 0.0414. The summed E-state index contributed by atoms with van der Waals surface area (Å²) in [6, 6.07) is 18.3. The molecule has 0 bridgehead atoms. The van der Waals surface area contributed by atoms with E-state index in [0.29, 0.717) is 11.2 Å². The molecule has 184 valence electrons. The van der Waals surface area contributed by atoms with Gasteiger partial charge in [-0.15, -0.1) is 0 Å². The standard InChI is InChI=1S/C29H27N7O/c1-18-12-22(8-11-31-18)27-24-14-23(15-32-28(24)35-34-27)29(37)33-26-17-36(2)16-25(26)21-5-3-4-20(13-21)19-6-9-30-10-7-19/h3-15,25-26H,16-17H2,1-2H3,(H,33,37)(H,32,34,35)/t25-,26+/m0/s1. The van der Waals surface area contributed by atoms with E-state index in [2.05, 4.69) is 66.7 Å². The molecule has 1 amide bonds. The summed E-state index contributed by atoms with van der Waals surface area (Å²) in [7, 11) is 2.09. The molecule has 8 heteroatoms. The number of benzene rings is 1. The molecule has 37 heavy (non-hydrogen) atoms. The number of carbonyl (C=O) groups excluding carboxylic acids is 1. The van der Waals surface area contributed by atoms with Crippen molar-refractivity contribution in [3.63, 3.8) is 0 Å². The van der Waals surface area contributed by atoms with Crippen LogP contribution < -0.4 is 5.32 Å². The molecule has 1 aromatic carbocycles. The number of H-pyrrole nitrogens is 1. The molecule has 1 saturated heterocycles. The maximum atomic E-state index is 13.4. The molecule has 0 spiro atoms. The van der Waals surface area contributed by atoms with Crippen molar-refractivity contribution >= 4 is 16.9 Å². The van der Waals surface area contributed by atoms with Gasteiger partial charge >= 0.3 is 0 Å². The number of aromatic amines is 1. The average molecular weight is 490 g/mol. The fourth-order valence-corrected chi connectivity index (χ4v) is 5.17. The molecule has 1 aliphatic heterocycles. The zero-order valence-corrected chi connectivity index (χ0v) is 20.7. The Morgan fingerprint density at radius 3 is 2.65 bits per heavy atom. The summed E-state index contributed by atoms with van der Waals surface area (Å²) in [5.41, 5.74) is 7.24. The van der Waals surface area contributed by atoms with Crippen LogP contribution in [0.2, 0.25) is 0 Å². The number of aromatic nitrogens is 5. The Morgan fingerprint density at radius 1 is 0.973 bits per heavy atom. The first kappa shape index (κ1) is 23.0. The number of nitrogens with zero attached hydrogens (tertiary/aromatic N) is 5. The van der Waals surface area contributed by atoms with E-state index >= 15 is 0 Å². The van der Waals surface area contributed by atoms with Crippen molar-refractivity contribution in [1.29, 1.82) is 0 Å². The third-order valence-corrected chi connectivity index (χ3v) is 7.00.